The van der Waals surface area contributed by atoms with Crippen LogP contribution in [0, 0.1) is 70.6 Å². The summed E-state index contributed by atoms with van der Waals surface area (Å²) in [6.07, 6.45) is 0. The van der Waals surface area contributed by atoms with Crippen molar-refractivity contribution in [2.24, 2.45) is 0 Å². The van der Waals surface area contributed by atoms with Gasteiger partial charge in [-0.1, -0.05) is 343 Å². The van der Waals surface area contributed by atoms with Gasteiger partial charge in [-0.15, -0.1) is 0 Å². The zero-order chi connectivity index (χ0) is 77.3. The highest BCUT2D eigenvalue weighted by Gasteiger charge is 2.08. The fourth-order valence-corrected chi connectivity index (χ4v) is 10.5. The van der Waals surface area contributed by atoms with Crippen LogP contribution in [-0.2, 0) is 0 Å². The average Bonchev–Trinajstić information content (AvgIpc) is 0.885. The van der Waals surface area contributed by atoms with Gasteiger partial charge in [-0.2, -0.15) is 0 Å². The normalized spacial score (nSPS) is 10.5. The molecule has 0 bridgehead atoms. The van der Waals surface area contributed by atoms with Crippen LogP contribution in [0.25, 0.3) is 0 Å². The molecule has 102 heavy (non-hydrogen) atoms. The molecule has 0 saturated heterocycles. The third kappa shape index (κ3) is 38.4. The van der Waals surface area contributed by atoms with Crippen LogP contribution in [0.15, 0.2) is 231 Å². The van der Waals surface area contributed by atoms with E-state index in [1.54, 1.807) is 36.4 Å². The molecular formula is C96H126ClF5. The topological polar surface area (TPSA) is 0 Å². The number of aryl methyl sites for hydroxylation is 6. The van der Waals surface area contributed by atoms with Crippen molar-refractivity contribution in [2.75, 3.05) is 0 Å². The lowest BCUT2D eigenvalue weighted by atomic mass is 9.96. The highest BCUT2D eigenvalue weighted by molar-refractivity contribution is 6.30. The van der Waals surface area contributed by atoms with Crippen molar-refractivity contribution < 1.29 is 22.0 Å². The van der Waals surface area contributed by atoms with E-state index in [1.807, 2.05) is 77.1 Å². The van der Waals surface area contributed by atoms with E-state index < -0.39 is 0 Å². The molecule has 0 radical (unpaired) electrons. The smallest absolute Gasteiger partial charge is 0.128 e. The van der Waals surface area contributed by atoms with E-state index in [1.165, 1.54) is 103 Å². The first-order chi connectivity index (χ1) is 47.9. The maximum absolute atomic E-state index is 13.0. The van der Waals surface area contributed by atoms with Gasteiger partial charge in [0.15, 0.2) is 0 Å². The van der Waals surface area contributed by atoms with Crippen molar-refractivity contribution in [3.63, 3.8) is 0 Å². The number of benzene rings is 10. The van der Waals surface area contributed by atoms with E-state index in [9.17, 15) is 22.0 Å². The van der Waals surface area contributed by atoms with Gasteiger partial charge < -0.3 is 0 Å². The molecule has 552 valence electrons. The van der Waals surface area contributed by atoms with Gasteiger partial charge in [0.25, 0.3) is 0 Å². The maximum atomic E-state index is 13.0. The van der Waals surface area contributed by atoms with Crippen LogP contribution in [-0.4, -0.2) is 0 Å². The molecule has 0 atom stereocenters. The van der Waals surface area contributed by atoms with Crippen molar-refractivity contribution >= 4 is 11.6 Å². The summed E-state index contributed by atoms with van der Waals surface area (Å²) in [5, 5.41) is 0.451. The summed E-state index contributed by atoms with van der Waals surface area (Å²) in [6.45, 7) is 55.2. The van der Waals surface area contributed by atoms with Gasteiger partial charge in [0, 0.05) is 5.02 Å². The Labute approximate surface area is 622 Å². The van der Waals surface area contributed by atoms with E-state index in [0.717, 1.165) is 22.3 Å². The summed E-state index contributed by atoms with van der Waals surface area (Å²) in [4.78, 5) is 0. The van der Waals surface area contributed by atoms with E-state index in [-0.39, 0.29) is 40.9 Å². The second kappa shape index (κ2) is 49.7. The lowest BCUT2D eigenvalue weighted by Crippen LogP contribution is -1.92. The van der Waals surface area contributed by atoms with Crippen LogP contribution < -0.4 is 0 Å². The van der Waals surface area contributed by atoms with Crippen molar-refractivity contribution in [3.8, 4) is 0 Å². The highest BCUT2D eigenvalue weighted by atomic mass is 35.5. The number of halogens is 6. The SMILES string of the molecule is CC(C)c1ccc(Cl)cc1F.CC(C)c1ccc(F)cc1.CC(C)c1cccc(F)c1.CC(C)c1ccccc1.CC(C)c1ccccc1F.Cc1ccc(C(C)C)cc1.Cc1ccc(C)c(C(C)C)c1.Cc1ccc(F)cc1C(C)C.Cc1cccc(C(C)C)c1.Cc1ccccc1C(C)C. The second-order valence-corrected chi connectivity index (χ2v) is 29.7. The maximum Gasteiger partial charge on any atom is 0.128 e. The van der Waals surface area contributed by atoms with Crippen LogP contribution in [0.5, 0.6) is 0 Å². The van der Waals surface area contributed by atoms with Crippen molar-refractivity contribution in [2.45, 2.75) is 239 Å². The highest BCUT2D eigenvalue weighted by Crippen LogP contribution is 2.25. The molecule has 0 heterocycles. The quantitative estimate of drug-likeness (QED) is 0.120. The Balaban J connectivity index is 0.000000567. The fourth-order valence-electron chi connectivity index (χ4n) is 10.3. The summed E-state index contributed by atoms with van der Waals surface area (Å²) in [5.74, 6) is 4.30. The monoisotopic (exact) mass is 1410 g/mol. The molecule has 0 N–H and O–H groups in total. The summed E-state index contributed by atoms with van der Waals surface area (Å²) in [7, 11) is 0. The van der Waals surface area contributed by atoms with Gasteiger partial charge >= 0.3 is 0 Å². The molecule has 6 heteroatoms. The van der Waals surface area contributed by atoms with Crippen LogP contribution in [0.3, 0.4) is 0 Å². The van der Waals surface area contributed by atoms with Crippen molar-refractivity contribution in [3.05, 3.63) is 354 Å². The van der Waals surface area contributed by atoms with Crippen LogP contribution in [0.2, 0.25) is 5.02 Å². The Morgan fingerprint density at radius 2 is 0.549 bits per heavy atom. The van der Waals surface area contributed by atoms with Crippen LogP contribution in [0.1, 0.15) is 287 Å². The minimum Gasteiger partial charge on any atom is -0.207 e. The largest absolute Gasteiger partial charge is 0.207 e. The summed E-state index contributed by atoms with van der Waals surface area (Å²) in [6, 6.07) is 73.0. The first-order valence-electron chi connectivity index (χ1n) is 36.6. The predicted octanol–water partition coefficient (Wildman–Crippen LogP) is 31.3. The third-order valence-electron chi connectivity index (χ3n) is 16.8. The molecule has 0 amide bonds. The Bertz CT molecular complexity index is 3650. The Kier molecular flexibility index (Phi) is 44.9. The second-order valence-electron chi connectivity index (χ2n) is 29.3. The van der Waals surface area contributed by atoms with E-state index in [0.29, 0.717) is 52.4 Å². The zero-order valence-electron chi connectivity index (χ0n) is 67.0. The molecule has 0 aliphatic carbocycles. The van der Waals surface area contributed by atoms with E-state index in [4.69, 9.17) is 11.6 Å². The van der Waals surface area contributed by atoms with Gasteiger partial charge in [-0.3, -0.25) is 0 Å². The molecule has 10 aromatic carbocycles. The number of rotatable bonds is 10. The molecule has 10 aromatic rings. The number of hydrogen-bond acceptors (Lipinski definition) is 0. The molecule has 0 fully saturated rings. The standard InChI is InChI=1S/C11H16.C10H13F.3C10H14.C9H10ClF.3C9H11F.C9H12/c1-8(2)11-7-9(3)5-6-10(11)4;1-7(2)10-6-9(11)5-4-8(10)3;1-8(2)10-6-4-9(3)5-7-10;1-8(2)10-6-4-5-9(3)7-10;1-8(2)10-7-5-4-6-9(10)3;1-6(2)8-4-3-7(10)5-9(8)11;1-7(2)8-3-5-9(10)6-4-8;1-7(2)8-4-3-5-9(10)6-8;1-7(2)8-5-3-4-6-9(8)10;1-8(2)9-6-4-3-5-7-9/h5-8H,1-4H3;4-7H,1-3H3;3*4-8H,1-3H3;3-6H,1-2H3;3*3-7H,1-2H3;3-8H,1-2H3. The lowest BCUT2D eigenvalue weighted by molar-refractivity contribution is 0.598. The summed E-state index contributed by atoms with van der Waals surface area (Å²) < 4.78 is 63.4. The summed E-state index contributed by atoms with van der Waals surface area (Å²) >= 11 is 5.58. The Hall–Kier alpha value is -7.86. The van der Waals surface area contributed by atoms with Crippen LogP contribution >= 0.6 is 11.6 Å². The third-order valence-corrected chi connectivity index (χ3v) is 17.0. The number of hydrogen-bond donors (Lipinski definition) is 0. The van der Waals surface area contributed by atoms with Gasteiger partial charge in [0.2, 0.25) is 0 Å². The fraction of sp³-hybridized carbons (Fsp3) is 0.375. The Morgan fingerprint density at radius 1 is 0.206 bits per heavy atom. The van der Waals surface area contributed by atoms with E-state index in [2.05, 4.69) is 261 Å². The minimum atomic E-state index is -0.215. The molecule has 0 spiro atoms. The average molecular weight is 1410 g/mol. The Morgan fingerprint density at radius 3 is 0.922 bits per heavy atom. The van der Waals surface area contributed by atoms with Crippen molar-refractivity contribution in [1.29, 1.82) is 0 Å². The van der Waals surface area contributed by atoms with Gasteiger partial charge in [0.05, 0.1) is 0 Å². The molecule has 0 saturated carbocycles. The zero-order valence-corrected chi connectivity index (χ0v) is 67.7. The molecule has 10 rings (SSSR count). The van der Waals surface area contributed by atoms with Crippen molar-refractivity contribution in [1.82, 2.24) is 0 Å². The first kappa shape index (κ1) is 92.2. The molecule has 0 aromatic heterocycles. The minimum absolute atomic E-state index is 0.0995. The molecule has 0 nitrogen and oxygen atoms in total. The van der Waals surface area contributed by atoms with E-state index >= 15 is 0 Å². The van der Waals surface area contributed by atoms with Gasteiger partial charge in [0.1, 0.15) is 29.1 Å². The molecule has 0 aliphatic heterocycles. The van der Waals surface area contributed by atoms with Gasteiger partial charge in [-0.05, 0) is 228 Å². The predicted molar refractivity (Wildman–Crippen MR) is 439 cm³/mol. The molecule has 0 aliphatic rings. The lowest BCUT2D eigenvalue weighted by Gasteiger charge is -2.09. The van der Waals surface area contributed by atoms with Gasteiger partial charge in [-0.25, -0.2) is 22.0 Å². The van der Waals surface area contributed by atoms with Crippen LogP contribution in [0.4, 0.5) is 22.0 Å². The first-order valence-corrected chi connectivity index (χ1v) is 37.0. The molecular weight excluding hydrogens is 1280 g/mol. The molecule has 0 unspecified atom stereocenters. The summed E-state index contributed by atoms with van der Waals surface area (Å²) in [5.41, 5.74) is 20.1.